The van der Waals surface area contributed by atoms with Crippen molar-refractivity contribution in [3.8, 4) is 11.5 Å². The maximum Gasteiger partial charge on any atom is 0.162 e. The van der Waals surface area contributed by atoms with Crippen molar-refractivity contribution < 1.29 is 9.47 Å². The van der Waals surface area contributed by atoms with Crippen LogP contribution in [0, 0.1) is 0 Å². The molecule has 0 saturated carbocycles. The molecule has 3 aromatic rings. The lowest BCUT2D eigenvalue weighted by atomic mass is 9.89. The molecule has 1 unspecified atom stereocenters. The van der Waals surface area contributed by atoms with Crippen LogP contribution in [-0.4, -0.2) is 13.7 Å². The summed E-state index contributed by atoms with van der Waals surface area (Å²) in [6, 6.07) is 19.7. The molecular formula is C23H21Cl2NO2. The minimum atomic E-state index is -0.0880. The van der Waals surface area contributed by atoms with E-state index in [4.69, 9.17) is 32.7 Å². The van der Waals surface area contributed by atoms with Crippen LogP contribution in [0.2, 0.25) is 10.0 Å². The van der Waals surface area contributed by atoms with E-state index in [1.165, 1.54) is 5.56 Å². The molecule has 144 valence electrons. The van der Waals surface area contributed by atoms with Gasteiger partial charge in [0.25, 0.3) is 0 Å². The Morgan fingerprint density at radius 3 is 2.43 bits per heavy atom. The lowest BCUT2D eigenvalue weighted by Gasteiger charge is -2.29. The third kappa shape index (κ3) is 3.83. The number of ether oxygens (including phenoxy) is 2. The predicted octanol–water partition coefficient (Wildman–Crippen LogP) is 5.82. The minimum absolute atomic E-state index is 0.0880. The molecule has 0 radical (unpaired) electrons. The summed E-state index contributed by atoms with van der Waals surface area (Å²) in [6.07, 6.45) is 0.906. The number of nitrogens with one attached hydrogen (secondary N) is 1. The Kier molecular flexibility index (Phi) is 5.77. The van der Waals surface area contributed by atoms with Crippen molar-refractivity contribution in [3.05, 3.63) is 93.0 Å². The molecule has 0 spiro atoms. The zero-order valence-corrected chi connectivity index (χ0v) is 17.1. The predicted molar refractivity (Wildman–Crippen MR) is 114 cm³/mol. The number of hydrogen-bond acceptors (Lipinski definition) is 3. The molecule has 1 heterocycles. The second kappa shape index (κ2) is 8.44. The summed E-state index contributed by atoms with van der Waals surface area (Å²) in [7, 11) is 1.67. The van der Waals surface area contributed by atoms with Crippen LogP contribution >= 0.6 is 23.2 Å². The van der Waals surface area contributed by atoms with E-state index >= 15 is 0 Å². The van der Waals surface area contributed by atoms with E-state index in [2.05, 4.69) is 11.4 Å². The number of methoxy groups -OCH3 is 1. The standard InChI is InChI=1S/C23H21Cl2NO2/c1-27-20-12-16-10-11-26-23(22-18(24)8-5-9-19(22)25)17(16)13-21(20)28-14-15-6-3-2-4-7-15/h2-9,12-13,23,26H,10-11,14H2,1H3. The summed E-state index contributed by atoms with van der Waals surface area (Å²) >= 11 is 13.0. The van der Waals surface area contributed by atoms with Crippen LogP contribution in [-0.2, 0) is 13.0 Å². The van der Waals surface area contributed by atoms with Crippen LogP contribution in [0.1, 0.15) is 28.3 Å². The van der Waals surface area contributed by atoms with Crippen molar-refractivity contribution in [1.82, 2.24) is 5.32 Å². The van der Waals surface area contributed by atoms with Crippen molar-refractivity contribution in [2.24, 2.45) is 0 Å². The smallest absolute Gasteiger partial charge is 0.162 e. The van der Waals surface area contributed by atoms with E-state index in [1.54, 1.807) is 7.11 Å². The zero-order valence-electron chi connectivity index (χ0n) is 15.5. The maximum absolute atomic E-state index is 6.49. The summed E-state index contributed by atoms with van der Waals surface area (Å²) in [6.45, 7) is 1.31. The van der Waals surface area contributed by atoms with Crippen LogP contribution < -0.4 is 14.8 Å². The lowest BCUT2D eigenvalue weighted by molar-refractivity contribution is 0.283. The van der Waals surface area contributed by atoms with Crippen LogP contribution in [0.5, 0.6) is 11.5 Å². The van der Waals surface area contributed by atoms with Crippen molar-refractivity contribution in [2.75, 3.05) is 13.7 Å². The number of rotatable bonds is 5. The molecule has 28 heavy (non-hydrogen) atoms. The van der Waals surface area contributed by atoms with Gasteiger partial charge < -0.3 is 14.8 Å². The first kappa shape index (κ1) is 19.1. The second-order valence-electron chi connectivity index (χ2n) is 6.75. The molecule has 1 aliphatic heterocycles. The van der Waals surface area contributed by atoms with Gasteiger partial charge in [-0.1, -0.05) is 59.6 Å². The Balaban J connectivity index is 1.72. The molecule has 1 N–H and O–H groups in total. The van der Waals surface area contributed by atoms with Gasteiger partial charge in [-0.25, -0.2) is 0 Å². The second-order valence-corrected chi connectivity index (χ2v) is 7.56. The Hall–Kier alpha value is -2.20. The molecule has 3 nitrogen and oxygen atoms in total. The van der Waals surface area contributed by atoms with Gasteiger partial charge in [0.2, 0.25) is 0 Å². The van der Waals surface area contributed by atoms with Gasteiger partial charge in [0, 0.05) is 22.2 Å². The molecule has 1 aliphatic rings. The topological polar surface area (TPSA) is 30.5 Å². The lowest BCUT2D eigenvalue weighted by Crippen LogP contribution is -2.31. The Morgan fingerprint density at radius 1 is 0.964 bits per heavy atom. The first-order valence-electron chi connectivity index (χ1n) is 9.22. The van der Waals surface area contributed by atoms with E-state index < -0.39 is 0 Å². The highest BCUT2D eigenvalue weighted by atomic mass is 35.5. The largest absolute Gasteiger partial charge is 0.493 e. The van der Waals surface area contributed by atoms with E-state index in [0.717, 1.165) is 35.4 Å². The molecule has 0 bridgehead atoms. The fourth-order valence-electron chi connectivity index (χ4n) is 3.62. The summed E-state index contributed by atoms with van der Waals surface area (Å²) in [5.74, 6) is 1.45. The summed E-state index contributed by atoms with van der Waals surface area (Å²) in [5, 5.41) is 4.85. The number of halogens is 2. The minimum Gasteiger partial charge on any atom is -0.493 e. The van der Waals surface area contributed by atoms with Crippen LogP contribution in [0.25, 0.3) is 0 Å². The zero-order chi connectivity index (χ0) is 19.5. The van der Waals surface area contributed by atoms with Gasteiger partial charge in [0.15, 0.2) is 11.5 Å². The molecule has 4 rings (SSSR count). The molecule has 5 heteroatoms. The highest BCUT2D eigenvalue weighted by Gasteiger charge is 2.27. The first-order valence-corrected chi connectivity index (χ1v) is 9.98. The van der Waals surface area contributed by atoms with Gasteiger partial charge in [-0.05, 0) is 47.4 Å². The summed E-state index contributed by atoms with van der Waals surface area (Å²) in [4.78, 5) is 0. The third-order valence-corrected chi connectivity index (χ3v) is 5.66. The Labute approximate surface area is 175 Å². The number of benzene rings is 3. The molecule has 3 aromatic carbocycles. The molecule has 0 aromatic heterocycles. The summed E-state index contributed by atoms with van der Waals surface area (Å²) < 4.78 is 11.7. The SMILES string of the molecule is COc1cc2c(cc1OCc1ccccc1)C(c1c(Cl)cccc1Cl)NCC2. The van der Waals surface area contributed by atoms with Crippen molar-refractivity contribution in [1.29, 1.82) is 0 Å². The Bertz CT molecular complexity index is 956. The van der Waals surface area contributed by atoms with Gasteiger partial charge in [-0.3, -0.25) is 0 Å². The van der Waals surface area contributed by atoms with Crippen LogP contribution in [0.15, 0.2) is 60.7 Å². The van der Waals surface area contributed by atoms with Gasteiger partial charge in [-0.2, -0.15) is 0 Å². The molecule has 0 fully saturated rings. The van der Waals surface area contributed by atoms with Gasteiger partial charge in [-0.15, -0.1) is 0 Å². The van der Waals surface area contributed by atoms with Gasteiger partial charge >= 0.3 is 0 Å². The monoisotopic (exact) mass is 413 g/mol. The van der Waals surface area contributed by atoms with Gasteiger partial charge in [0.1, 0.15) is 6.61 Å². The van der Waals surface area contributed by atoms with Crippen molar-refractivity contribution >= 4 is 23.2 Å². The molecule has 1 atom stereocenters. The van der Waals surface area contributed by atoms with E-state index in [9.17, 15) is 0 Å². The number of hydrogen-bond donors (Lipinski definition) is 1. The molecule has 0 amide bonds. The fourth-order valence-corrected chi connectivity index (χ4v) is 4.23. The Morgan fingerprint density at radius 2 is 1.71 bits per heavy atom. The molecule has 0 saturated heterocycles. The van der Waals surface area contributed by atoms with E-state index in [0.29, 0.717) is 22.4 Å². The average Bonchev–Trinajstić information content (AvgIpc) is 2.72. The molecular weight excluding hydrogens is 393 g/mol. The molecule has 0 aliphatic carbocycles. The van der Waals surface area contributed by atoms with Crippen LogP contribution in [0.4, 0.5) is 0 Å². The van der Waals surface area contributed by atoms with E-state index in [-0.39, 0.29) is 6.04 Å². The first-order chi connectivity index (χ1) is 13.7. The highest BCUT2D eigenvalue weighted by Crippen LogP contribution is 2.41. The normalized spacial score (nSPS) is 15.8. The fraction of sp³-hybridized carbons (Fsp3) is 0.217. The third-order valence-electron chi connectivity index (χ3n) is 5.00. The summed E-state index contributed by atoms with van der Waals surface area (Å²) in [5.41, 5.74) is 4.32. The average molecular weight is 414 g/mol. The van der Waals surface area contributed by atoms with Crippen molar-refractivity contribution in [2.45, 2.75) is 19.1 Å². The highest BCUT2D eigenvalue weighted by molar-refractivity contribution is 6.36. The van der Waals surface area contributed by atoms with E-state index in [1.807, 2.05) is 54.6 Å². The maximum atomic E-state index is 6.49. The van der Waals surface area contributed by atoms with Crippen molar-refractivity contribution in [3.63, 3.8) is 0 Å². The number of fused-ring (bicyclic) bond motifs is 1. The quantitative estimate of drug-likeness (QED) is 0.571. The van der Waals surface area contributed by atoms with Gasteiger partial charge in [0.05, 0.1) is 13.2 Å². The van der Waals surface area contributed by atoms with Crippen LogP contribution in [0.3, 0.4) is 0 Å².